The van der Waals surface area contributed by atoms with Crippen molar-refractivity contribution in [1.29, 1.82) is 0 Å². The number of anilines is 5. The van der Waals surface area contributed by atoms with E-state index in [1.54, 1.807) is 18.2 Å². The molecule has 5 heterocycles. The molecule has 3 fully saturated rings. The zero-order valence-corrected chi connectivity index (χ0v) is 37.8. The highest BCUT2D eigenvalue weighted by Gasteiger charge is 2.39. The molecule has 3 N–H and O–H groups in total. The van der Waals surface area contributed by atoms with Crippen LogP contribution in [0.25, 0.3) is 0 Å². The summed E-state index contributed by atoms with van der Waals surface area (Å²) in [6.07, 6.45) is 10.1. The molecular weight excluding hydrogens is 821 g/mol. The fourth-order valence-electron chi connectivity index (χ4n) is 9.44. The number of methoxy groups -OCH3 is 1. The number of benzene rings is 3. The van der Waals surface area contributed by atoms with Crippen molar-refractivity contribution in [3.8, 4) is 5.75 Å². The number of hydrogen-bond donors (Lipinski definition) is 3. The van der Waals surface area contributed by atoms with Gasteiger partial charge in [-0.1, -0.05) is 62.7 Å². The first-order valence-electron chi connectivity index (χ1n) is 22.1. The van der Waals surface area contributed by atoms with Gasteiger partial charge in [-0.3, -0.25) is 24.6 Å². The number of carbonyl (C=O) groups is 3. The Hall–Kier alpha value is -4.81. The predicted octanol–water partition coefficient (Wildman–Crippen LogP) is 7.14. The van der Waals surface area contributed by atoms with Crippen LogP contribution in [0.5, 0.6) is 5.75 Å². The van der Waals surface area contributed by atoms with Gasteiger partial charge in [-0.2, -0.15) is 4.98 Å². The molecule has 0 radical (unpaired) electrons. The maximum atomic E-state index is 13.2. The lowest BCUT2D eigenvalue weighted by Crippen LogP contribution is -2.53. The smallest absolute Gasteiger partial charge is 0.255 e. The van der Waals surface area contributed by atoms with Crippen LogP contribution in [-0.2, 0) is 22.6 Å². The van der Waals surface area contributed by atoms with Gasteiger partial charge in [0.15, 0.2) is 5.82 Å². The van der Waals surface area contributed by atoms with Crippen LogP contribution in [0.4, 0.5) is 28.8 Å². The van der Waals surface area contributed by atoms with Gasteiger partial charge in [-0.25, -0.2) is 4.98 Å². The Morgan fingerprint density at radius 1 is 0.871 bits per heavy atom. The number of rotatable bonds is 16. The van der Waals surface area contributed by atoms with Gasteiger partial charge in [0.1, 0.15) is 16.8 Å². The highest BCUT2D eigenvalue weighted by Crippen LogP contribution is 2.36. The number of piperazine rings is 1. The van der Waals surface area contributed by atoms with Gasteiger partial charge in [-0.15, -0.1) is 0 Å². The maximum absolute atomic E-state index is 13.2. The molecule has 1 atom stereocenters. The van der Waals surface area contributed by atoms with Gasteiger partial charge in [-0.05, 0) is 99.1 Å². The summed E-state index contributed by atoms with van der Waals surface area (Å²) in [5, 5.41) is 10.9. The third kappa shape index (κ3) is 10.2. The molecule has 4 aliphatic heterocycles. The molecule has 4 aliphatic rings. The summed E-state index contributed by atoms with van der Waals surface area (Å²) >= 11 is 6.53. The van der Waals surface area contributed by atoms with Crippen LogP contribution in [0.3, 0.4) is 0 Å². The summed E-state index contributed by atoms with van der Waals surface area (Å²) in [5.41, 5.74) is 5.90. The first kappa shape index (κ1) is 43.8. The lowest BCUT2D eigenvalue weighted by molar-refractivity contribution is -0.136. The van der Waals surface area contributed by atoms with Crippen molar-refractivity contribution < 1.29 is 19.1 Å². The predicted molar refractivity (Wildman–Crippen MR) is 249 cm³/mol. The number of piperidine rings is 2. The van der Waals surface area contributed by atoms with Crippen molar-refractivity contribution >= 4 is 71.4 Å². The lowest BCUT2D eigenvalue weighted by Gasteiger charge is -2.43. The molecule has 328 valence electrons. The number of fused-ring (bicyclic) bond motifs is 1. The summed E-state index contributed by atoms with van der Waals surface area (Å²) in [7, 11) is 1.38. The molecule has 8 rings (SSSR count). The number of imide groups is 1. The van der Waals surface area contributed by atoms with Crippen LogP contribution < -0.4 is 30.9 Å². The van der Waals surface area contributed by atoms with Crippen LogP contribution in [-0.4, -0.2) is 121 Å². The minimum absolute atomic E-state index is 0.0993. The van der Waals surface area contributed by atoms with Gasteiger partial charge < -0.3 is 30.1 Å². The van der Waals surface area contributed by atoms with Crippen molar-refractivity contribution in [3.05, 3.63) is 88.6 Å². The molecule has 3 saturated heterocycles. The topological polar surface area (TPSA) is 135 Å². The molecule has 0 bridgehead atoms. The standard InChI is InChI=1S/C47H59ClN9O4P/c1-61-41-29-34(16-17-38(41)51-47-49-30-37(48)44(53-47)50-39-14-7-8-15-42(39)62(2)3)55-23-20-33(21-24-55)56-27-25-54(26-28-56)22-9-5-4-6-11-32-12-10-13-35-36(32)31-57(46(35)60)40-18-19-43(58)52-45(40)59/h7-8,10,12-17,29-30,33,40H,4-6,9,11,18-28,31H2,1-3H3,(H,52,58,59)(H2,49,50,51,53). The highest BCUT2D eigenvalue weighted by molar-refractivity contribution is 7.64. The molecule has 15 heteroatoms. The van der Waals surface area contributed by atoms with Crippen LogP contribution in [0.1, 0.15) is 72.9 Å². The summed E-state index contributed by atoms with van der Waals surface area (Å²) in [5.74, 6) is 0.995. The zero-order chi connectivity index (χ0) is 43.2. The third-order valence-electron chi connectivity index (χ3n) is 12.9. The van der Waals surface area contributed by atoms with Crippen molar-refractivity contribution in [2.24, 2.45) is 0 Å². The van der Waals surface area contributed by atoms with Gasteiger partial charge in [0.05, 0.1) is 19.0 Å². The molecule has 62 heavy (non-hydrogen) atoms. The Balaban J connectivity index is 0.743. The number of nitrogens with zero attached hydrogens (tertiary/aromatic N) is 6. The Morgan fingerprint density at radius 2 is 1.66 bits per heavy atom. The Labute approximate surface area is 371 Å². The Kier molecular flexibility index (Phi) is 14.2. The first-order chi connectivity index (χ1) is 30.1. The molecule has 13 nitrogen and oxygen atoms in total. The summed E-state index contributed by atoms with van der Waals surface area (Å²) < 4.78 is 5.85. The molecule has 1 aromatic heterocycles. The van der Waals surface area contributed by atoms with E-state index >= 15 is 0 Å². The van der Waals surface area contributed by atoms with Gasteiger partial charge in [0, 0.05) is 81.3 Å². The van der Waals surface area contributed by atoms with Crippen LogP contribution in [0, 0.1) is 0 Å². The summed E-state index contributed by atoms with van der Waals surface area (Å²) in [6, 6.07) is 20.5. The van der Waals surface area contributed by atoms with Crippen molar-refractivity contribution in [1.82, 2.24) is 30.0 Å². The number of halogens is 1. The average molecular weight is 880 g/mol. The fraction of sp³-hybridized carbons (Fsp3) is 0.468. The van der Waals surface area contributed by atoms with E-state index in [2.05, 4.69) is 85.4 Å². The number of hydrogen-bond acceptors (Lipinski definition) is 11. The van der Waals surface area contributed by atoms with Crippen molar-refractivity contribution in [2.75, 3.05) is 81.8 Å². The molecule has 3 amide bonds. The lowest BCUT2D eigenvalue weighted by atomic mass is 9.98. The van der Waals surface area contributed by atoms with Crippen LogP contribution >= 0.6 is 19.5 Å². The minimum Gasteiger partial charge on any atom is -0.494 e. The summed E-state index contributed by atoms with van der Waals surface area (Å²) in [6.45, 7) is 12.6. The van der Waals surface area contributed by atoms with E-state index in [1.165, 1.54) is 23.7 Å². The molecular formula is C47H59ClN9O4P. The van der Waals surface area contributed by atoms with Gasteiger partial charge >= 0.3 is 0 Å². The van der Waals surface area contributed by atoms with Crippen molar-refractivity contribution in [2.45, 2.75) is 76.4 Å². The molecule has 0 spiro atoms. The molecule has 0 aliphatic carbocycles. The average Bonchev–Trinajstić information content (AvgIpc) is 3.62. The normalized spacial score (nSPS) is 18.9. The molecule has 0 saturated carbocycles. The number of nitrogens with one attached hydrogen (secondary N) is 3. The van der Waals surface area contributed by atoms with Gasteiger partial charge in [0.25, 0.3) is 5.91 Å². The molecule has 3 aromatic carbocycles. The molecule has 4 aromatic rings. The quantitative estimate of drug-likeness (QED) is 0.0603. The number of aromatic nitrogens is 2. The van der Waals surface area contributed by atoms with E-state index < -0.39 is 6.04 Å². The second kappa shape index (κ2) is 20.1. The SMILES string of the molecule is COc1cc(N2CCC(N3CCN(CCCCCCc4cccc5c4CN(C4CCC(=O)NC4=O)C5=O)CC3)CC2)ccc1Nc1ncc(Cl)c(Nc2ccccc2P(C)C)n1. The fourth-order valence-corrected chi connectivity index (χ4v) is 10.6. The maximum Gasteiger partial charge on any atom is 0.255 e. The van der Waals surface area contributed by atoms with Crippen LogP contribution in [0.15, 0.2) is 66.9 Å². The third-order valence-corrected chi connectivity index (χ3v) is 14.5. The monoisotopic (exact) mass is 879 g/mol. The van der Waals surface area contributed by atoms with Crippen LogP contribution in [0.2, 0.25) is 5.02 Å². The van der Waals surface area contributed by atoms with E-state index in [-0.39, 0.29) is 32.1 Å². The number of ether oxygens (including phenoxy) is 1. The Bertz CT molecular complexity index is 2240. The van der Waals surface area contributed by atoms with E-state index in [1.807, 2.05) is 24.3 Å². The highest BCUT2D eigenvalue weighted by atomic mass is 35.5. The number of unbranched alkanes of at least 4 members (excludes halogenated alkanes) is 3. The van der Waals surface area contributed by atoms with Crippen molar-refractivity contribution in [3.63, 3.8) is 0 Å². The van der Waals surface area contributed by atoms with E-state index in [4.69, 9.17) is 21.3 Å². The number of amides is 3. The molecule has 1 unspecified atom stereocenters. The Morgan fingerprint density at radius 3 is 2.44 bits per heavy atom. The second-order valence-electron chi connectivity index (χ2n) is 17.0. The van der Waals surface area contributed by atoms with E-state index in [0.717, 1.165) is 106 Å². The summed E-state index contributed by atoms with van der Waals surface area (Å²) in [4.78, 5) is 55.9. The number of para-hydroxylation sites is 1. The van der Waals surface area contributed by atoms with E-state index in [0.29, 0.717) is 41.4 Å². The van der Waals surface area contributed by atoms with E-state index in [9.17, 15) is 14.4 Å². The number of carbonyl (C=O) groups excluding carboxylic acids is 3. The second-order valence-corrected chi connectivity index (χ2v) is 19.7. The minimum atomic E-state index is -0.574. The zero-order valence-electron chi connectivity index (χ0n) is 36.2. The largest absolute Gasteiger partial charge is 0.494 e. The number of aryl methyl sites for hydroxylation is 1. The first-order valence-corrected chi connectivity index (χ1v) is 24.7. The van der Waals surface area contributed by atoms with Gasteiger partial charge in [0.2, 0.25) is 17.8 Å².